The number of nitrogens with zero attached hydrogens (tertiary/aromatic N) is 2. The van der Waals surface area contributed by atoms with Gasteiger partial charge in [0.15, 0.2) is 0 Å². The van der Waals surface area contributed by atoms with Gasteiger partial charge in [-0.05, 0) is 31.6 Å². The summed E-state index contributed by atoms with van der Waals surface area (Å²) >= 11 is 0. The molecule has 0 saturated heterocycles. The lowest BCUT2D eigenvalue weighted by Crippen LogP contribution is -2.34. The summed E-state index contributed by atoms with van der Waals surface area (Å²) in [6.07, 6.45) is 1.03. The van der Waals surface area contributed by atoms with Crippen LogP contribution in [0.3, 0.4) is 0 Å². The Labute approximate surface area is 110 Å². The molecule has 0 saturated carbocycles. The van der Waals surface area contributed by atoms with E-state index < -0.39 is 0 Å². The normalized spacial score (nSPS) is 10.7. The number of carbonyl (C=O) groups is 1. The van der Waals surface area contributed by atoms with E-state index in [9.17, 15) is 4.79 Å². The van der Waals surface area contributed by atoms with Crippen LogP contribution in [-0.2, 0) is 17.8 Å². The van der Waals surface area contributed by atoms with Crippen molar-refractivity contribution in [2.45, 2.75) is 26.8 Å². The van der Waals surface area contributed by atoms with Crippen LogP contribution >= 0.6 is 0 Å². The average molecular weight is 248 g/mol. The minimum absolute atomic E-state index is 0.138. The van der Waals surface area contributed by atoms with E-state index in [1.165, 1.54) is 11.1 Å². The Kier molecular flexibility index (Phi) is 5.86. The smallest absolute Gasteiger partial charge is 0.219 e. The topological polar surface area (TPSA) is 23.6 Å². The van der Waals surface area contributed by atoms with Crippen molar-refractivity contribution in [3.8, 4) is 0 Å². The first-order chi connectivity index (χ1) is 8.52. The van der Waals surface area contributed by atoms with E-state index in [0.717, 1.165) is 19.5 Å². The van der Waals surface area contributed by atoms with Gasteiger partial charge in [-0.3, -0.25) is 4.79 Å². The minimum Gasteiger partial charge on any atom is -0.337 e. The van der Waals surface area contributed by atoms with Gasteiger partial charge in [-0.1, -0.05) is 31.2 Å². The summed E-state index contributed by atoms with van der Waals surface area (Å²) in [5.41, 5.74) is 2.53. The van der Waals surface area contributed by atoms with Gasteiger partial charge in [-0.25, -0.2) is 0 Å². The molecule has 0 N–H and O–H groups in total. The van der Waals surface area contributed by atoms with Crippen molar-refractivity contribution in [2.75, 3.05) is 27.2 Å². The van der Waals surface area contributed by atoms with Gasteiger partial charge in [0.2, 0.25) is 5.91 Å². The predicted molar refractivity (Wildman–Crippen MR) is 75.5 cm³/mol. The van der Waals surface area contributed by atoms with Crippen LogP contribution < -0.4 is 0 Å². The van der Waals surface area contributed by atoms with Gasteiger partial charge in [0.25, 0.3) is 0 Å². The number of carbonyl (C=O) groups excluding carboxylic acids is 1. The van der Waals surface area contributed by atoms with E-state index in [-0.39, 0.29) is 5.91 Å². The van der Waals surface area contributed by atoms with Gasteiger partial charge in [0.1, 0.15) is 0 Å². The third-order valence-electron chi connectivity index (χ3n) is 3.04. The number of likely N-dealkylation sites (N-methyl/N-ethyl adjacent to an activating group) is 1. The molecule has 1 amide bonds. The molecule has 18 heavy (non-hydrogen) atoms. The van der Waals surface area contributed by atoms with E-state index in [4.69, 9.17) is 0 Å². The van der Waals surface area contributed by atoms with Crippen molar-refractivity contribution in [2.24, 2.45) is 0 Å². The first kappa shape index (κ1) is 14.7. The Morgan fingerprint density at radius 2 is 1.83 bits per heavy atom. The molecule has 0 spiro atoms. The number of hydrogen-bond donors (Lipinski definition) is 0. The predicted octanol–water partition coefficient (Wildman–Crippen LogP) is 2.16. The monoisotopic (exact) mass is 248 g/mol. The highest BCUT2D eigenvalue weighted by molar-refractivity contribution is 5.73. The highest BCUT2D eigenvalue weighted by Gasteiger charge is 2.09. The van der Waals surface area contributed by atoms with Crippen LogP contribution in [0.5, 0.6) is 0 Å². The maximum atomic E-state index is 11.6. The second-order valence-electron chi connectivity index (χ2n) is 4.92. The molecule has 1 rings (SSSR count). The number of hydrogen-bond acceptors (Lipinski definition) is 2. The molecule has 0 heterocycles. The quantitative estimate of drug-likeness (QED) is 0.770. The molecule has 0 unspecified atom stereocenters. The summed E-state index contributed by atoms with van der Waals surface area (Å²) in [6.45, 7) is 6.16. The van der Waals surface area contributed by atoms with Crippen molar-refractivity contribution >= 4 is 5.91 Å². The Morgan fingerprint density at radius 3 is 2.39 bits per heavy atom. The number of aryl methyl sites for hydroxylation is 1. The van der Waals surface area contributed by atoms with E-state index in [2.05, 4.69) is 36.1 Å². The molecule has 0 aromatic heterocycles. The van der Waals surface area contributed by atoms with E-state index in [0.29, 0.717) is 6.54 Å². The first-order valence-electron chi connectivity index (χ1n) is 6.51. The van der Waals surface area contributed by atoms with Crippen LogP contribution in [0.25, 0.3) is 0 Å². The van der Waals surface area contributed by atoms with Crippen LogP contribution in [0.1, 0.15) is 25.0 Å². The fourth-order valence-electron chi connectivity index (χ4n) is 1.84. The summed E-state index contributed by atoms with van der Waals surface area (Å²) in [5, 5.41) is 0. The first-order valence-corrected chi connectivity index (χ1v) is 6.51. The van der Waals surface area contributed by atoms with E-state index in [1.54, 1.807) is 6.92 Å². The third kappa shape index (κ3) is 4.88. The van der Waals surface area contributed by atoms with Crippen LogP contribution in [0.15, 0.2) is 24.3 Å². The fraction of sp³-hybridized carbons (Fsp3) is 0.533. The Bertz CT molecular complexity index is 388. The highest BCUT2D eigenvalue weighted by atomic mass is 16.2. The molecule has 1 aromatic rings. The fourth-order valence-corrected chi connectivity index (χ4v) is 1.84. The summed E-state index contributed by atoms with van der Waals surface area (Å²) in [6, 6.07) is 8.47. The maximum Gasteiger partial charge on any atom is 0.219 e. The molecular formula is C15H24N2O. The van der Waals surface area contributed by atoms with Crippen LogP contribution in [0, 0.1) is 0 Å². The Morgan fingerprint density at radius 1 is 1.17 bits per heavy atom. The molecule has 3 nitrogen and oxygen atoms in total. The number of amides is 1. The molecule has 1 aromatic carbocycles. The Hall–Kier alpha value is -1.35. The second-order valence-corrected chi connectivity index (χ2v) is 4.92. The van der Waals surface area contributed by atoms with Crippen molar-refractivity contribution in [1.82, 2.24) is 9.80 Å². The molecule has 0 bridgehead atoms. The van der Waals surface area contributed by atoms with Crippen molar-refractivity contribution in [3.63, 3.8) is 0 Å². The summed E-state index contributed by atoms with van der Waals surface area (Å²) in [4.78, 5) is 15.6. The standard InChI is InChI=1S/C15H24N2O/c1-5-14-7-6-8-15(11-14)12-17(13(2)18)10-9-16(3)4/h6-8,11H,5,9-10,12H2,1-4H3. The maximum absolute atomic E-state index is 11.6. The average Bonchev–Trinajstić information content (AvgIpc) is 2.34. The zero-order valence-electron chi connectivity index (χ0n) is 11.9. The van der Waals surface area contributed by atoms with Crippen LogP contribution in [0.4, 0.5) is 0 Å². The second kappa shape index (κ2) is 7.17. The summed E-state index contributed by atoms with van der Waals surface area (Å²) in [7, 11) is 4.05. The number of benzene rings is 1. The van der Waals surface area contributed by atoms with Gasteiger partial charge in [-0.15, -0.1) is 0 Å². The third-order valence-corrected chi connectivity index (χ3v) is 3.04. The largest absolute Gasteiger partial charge is 0.337 e. The van der Waals surface area contributed by atoms with E-state index >= 15 is 0 Å². The lowest BCUT2D eigenvalue weighted by Gasteiger charge is -2.23. The van der Waals surface area contributed by atoms with Crippen molar-refractivity contribution in [3.05, 3.63) is 35.4 Å². The lowest BCUT2D eigenvalue weighted by atomic mass is 10.1. The van der Waals surface area contributed by atoms with Crippen LogP contribution in [-0.4, -0.2) is 42.9 Å². The molecule has 100 valence electrons. The molecule has 0 atom stereocenters. The SMILES string of the molecule is CCc1cccc(CN(CCN(C)C)C(C)=O)c1. The Balaban J connectivity index is 2.67. The molecule has 0 fully saturated rings. The summed E-state index contributed by atoms with van der Waals surface area (Å²) in [5.74, 6) is 0.138. The van der Waals surface area contributed by atoms with Gasteiger partial charge >= 0.3 is 0 Å². The summed E-state index contributed by atoms with van der Waals surface area (Å²) < 4.78 is 0. The van der Waals surface area contributed by atoms with Gasteiger partial charge in [0, 0.05) is 26.6 Å². The molecule has 0 aliphatic carbocycles. The molecule has 3 heteroatoms. The van der Waals surface area contributed by atoms with Gasteiger partial charge in [-0.2, -0.15) is 0 Å². The number of rotatable bonds is 6. The van der Waals surface area contributed by atoms with Gasteiger partial charge in [0.05, 0.1) is 0 Å². The molecular weight excluding hydrogens is 224 g/mol. The van der Waals surface area contributed by atoms with Gasteiger partial charge < -0.3 is 9.80 Å². The van der Waals surface area contributed by atoms with Crippen LogP contribution in [0.2, 0.25) is 0 Å². The highest BCUT2D eigenvalue weighted by Crippen LogP contribution is 2.09. The zero-order valence-corrected chi connectivity index (χ0v) is 11.9. The minimum atomic E-state index is 0.138. The lowest BCUT2D eigenvalue weighted by molar-refractivity contribution is -0.129. The van der Waals surface area contributed by atoms with Crippen molar-refractivity contribution < 1.29 is 4.79 Å². The molecule has 0 aliphatic heterocycles. The molecule has 0 radical (unpaired) electrons. The van der Waals surface area contributed by atoms with E-state index in [1.807, 2.05) is 19.0 Å². The zero-order chi connectivity index (χ0) is 13.5. The molecule has 0 aliphatic rings. The van der Waals surface area contributed by atoms with Crippen molar-refractivity contribution in [1.29, 1.82) is 0 Å².